The Balaban J connectivity index is 1.26. The van der Waals surface area contributed by atoms with Gasteiger partial charge >= 0.3 is 0 Å². The molecule has 0 spiro atoms. The van der Waals surface area contributed by atoms with Crippen LogP contribution in [0, 0.1) is 0 Å². The molecule has 3 aliphatic rings. The quantitative estimate of drug-likeness (QED) is 0.471. The molecule has 0 aromatic heterocycles. The lowest BCUT2D eigenvalue weighted by Gasteiger charge is -2.25. The Hall–Kier alpha value is -3.37. The number of benzene rings is 2. The Morgan fingerprint density at radius 3 is 2.72 bits per heavy atom. The molecule has 11 heteroatoms. The van der Waals surface area contributed by atoms with Crippen LogP contribution in [0.15, 0.2) is 52.4 Å². The van der Waals surface area contributed by atoms with E-state index in [2.05, 4.69) is 15.6 Å². The number of aliphatic imine (C=N–C) groups is 2. The summed E-state index contributed by atoms with van der Waals surface area (Å²) in [5, 5.41) is 6.75. The molecule has 0 saturated heterocycles. The second-order valence-corrected chi connectivity index (χ2v) is 11.1. The zero-order valence-corrected chi connectivity index (χ0v) is 23.2. The summed E-state index contributed by atoms with van der Waals surface area (Å²) >= 11 is 7.22. The number of ether oxygens (including phenoxy) is 1. The van der Waals surface area contributed by atoms with Crippen molar-refractivity contribution in [2.45, 2.75) is 57.0 Å². The zero-order valence-electron chi connectivity index (χ0n) is 21.6. The number of halogens is 1. The van der Waals surface area contributed by atoms with Crippen molar-refractivity contribution in [1.82, 2.24) is 10.2 Å². The maximum atomic E-state index is 13.5. The first-order valence-electron chi connectivity index (χ1n) is 13.1. The van der Waals surface area contributed by atoms with Crippen molar-refractivity contribution in [3.63, 3.8) is 0 Å². The van der Waals surface area contributed by atoms with E-state index in [1.54, 1.807) is 18.2 Å². The molecule has 5 rings (SSSR count). The number of hydrogen-bond donors (Lipinski definition) is 2. The SMILES string of the molecule is COc1ccc(Cl)cc1NC(=O)CSC1=Nc2ccccc2C2=NC(CCC(=O)NC3CCCCC3)C(=O)N12. The topological polar surface area (TPSA) is 112 Å². The Bertz CT molecular complexity index is 1340. The van der Waals surface area contributed by atoms with Crippen LogP contribution in [0.4, 0.5) is 11.4 Å². The number of fused-ring (bicyclic) bond motifs is 3. The number of carbonyl (C=O) groups is 3. The molecule has 1 unspecified atom stereocenters. The van der Waals surface area contributed by atoms with Gasteiger partial charge in [0.25, 0.3) is 5.91 Å². The molecule has 2 aromatic carbocycles. The summed E-state index contributed by atoms with van der Waals surface area (Å²) in [5.74, 6) is 0.402. The number of anilines is 1. The third-order valence-corrected chi connectivity index (χ3v) is 8.10. The highest BCUT2D eigenvalue weighted by atomic mass is 35.5. The average Bonchev–Trinajstić information content (AvgIpc) is 3.28. The molecular formula is C28H30ClN5O4S. The van der Waals surface area contributed by atoms with Gasteiger partial charge in [0.05, 0.1) is 24.2 Å². The van der Waals surface area contributed by atoms with Gasteiger partial charge in [0, 0.05) is 23.0 Å². The fourth-order valence-electron chi connectivity index (χ4n) is 5.00. The van der Waals surface area contributed by atoms with Gasteiger partial charge in [0.2, 0.25) is 11.8 Å². The molecule has 0 bridgehead atoms. The molecule has 1 fully saturated rings. The Kier molecular flexibility index (Phi) is 8.52. The third kappa shape index (κ3) is 6.28. The number of thioether (sulfide) groups is 1. The number of methoxy groups -OCH3 is 1. The molecule has 2 heterocycles. The van der Waals surface area contributed by atoms with E-state index in [-0.39, 0.29) is 35.9 Å². The third-order valence-electron chi connectivity index (χ3n) is 6.93. The fourth-order valence-corrected chi connectivity index (χ4v) is 5.97. The number of amidine groups is 2. The van der Waals surface area contributed by atoms with E-state index in [0.29, 0.717) is 39.6 Å². The van der Waals surface area contributed by atoms with Crippen LogP contribution < -0.4 is 15.4 Å². The Labute approximate surface area is 236 Å². The van der Waals surface area contributed by atoms with Crippen LogP contribution in [-0.4, -0.2) is 58.6 Å². The smallest absolute Gasteiger partial charge is 0.259 e. The number of hydrogen-bond acceptors (Lipinski definition) is 7. The van der Waals surface area contributed by atoms with Crippen molar-refractivity contribution < 1.29 is 19.1 Å². The van der Waals surface area contributed by atoms with Crippen LogP contribution in [0.25, 0.3) is 0 Å². The lowest BCUT2D eigenvalue weighted by molar-refractivity contribution is -0.125. The van der Waals surface area contributed by atoms with Gasteiger partial charge in [-0.3, -0.25) is 19.4 Å². The highest BCUT2D eigenvalue weighted by molar-refractivity contribution is 8.14. The number of amides is 3. The summed E-state index contributed by atoms with van der Waals surface area (Å²) in [5.41, 5.74) is 1.88. The molecular weight excluding hydrogens is 538 g/mol. The minimum Gasteiger partial charge on any atom is -0.495 e. The molecule has 3 amide bonds. The molecule has 1 atom stereocenters. The van der Waals surface area contributed by atoms with E-state index >= 15 is 0 Å². The highest BCUT2D eigenvalue weighted by Gasteiger charge is 2.41. The summed E-state index contributed by atoms with van der Waals surface area (Å²) in [4.78, 5) is 49.7. The Morgan fingerprint density at radius 2 is 1.92 bits per heavy atom. The molecule has 39 heavy (non-hydrogen) atoms. The summed E-state index contributed by atoms with van der Waals surface area (Å²) < 4.78 is 5.30. The number of rotatable bonds is 8. The maximum absolute atomic E-state index is 13.5. The largest absolute Gasteiger partial charge is 0.495 e. The zero-order chi connectivity index (χ0) is 27.4. The van der Waals surface area contributed by atoms with Crippen LogP contribution in [0.2, 0.25) is 5.02 Å². The predicted molar refractivity (Wildman–Crippen MR) is 154 cm³/mol. The van der Waals surface area contributed by atoms with Gasteiger partial charge < -0.3 is 15.4 Å². The van der Waals surface area contributed by atoms with E-state index in [4.69, 9.17) is 21.3 Å². The fraction of sp³-hybridized carbons (Fsp3) is 0.393. The van der Waals surface area contributed by atoms with Crippen molar-refractivity contribution in [3.05, 3.63) is 53.1 Å². The minimum atomic E-state index is -0.682. The van der Waals surface area contributed by atoms with Gasteiger partial charge in [-0.1, -0.05) is 54.8 Å². The van der Waals surface area contributed by atoms with Gasteiger partial charge in [-0.2, -0.15) is 0 Å². The second kappa shape index (κ2) is 12.2. The Morgan fingerprint density at radius 1 is 1.13 bits per heavy atom. The van der Waals surface area contributed by atoms with Gasteiger partial charge in [-0.05, 0) is 49.6 Å². The van der Waals surface area contributed by atoms with Crippen molar-refractivity contribution in [3.8, 4) is 5.75 Å². The lowest BCUT2D eigenvalue weighted by Crippen LogP contribution is -2.42. The number of nitrogens with one attached hydrogen (secondary N) is 2. The first kappa shape index (κ1) is 27.2. The van der Waals surface area contributed by atoms with Gasteiger partial charge in [0.15, 0.2) is 5.17 Å². The monoisotopic (exact) mass is 567 g/mol. The first-order chi connectivity index (χ1) is 18.9. The van der Waals surface area contributed by atoms with Crippen LogP contribution in [0.1, 0.15) is 50.5 Å². The summed E-state index contributed by atoms with van der Waals surface area (Å²) in [7, 11) is 1.51. The lowest BCUT2D eigenvalue weighted by atomic mass is 9.95. The van der Waals surface area contributed by atoms with Gasteiger partial charge in [-0.15, -0.1) is 0 Å². The van der Waals surface area contributed by atoms with Crippen molar-refractivity contribution in [1.29, 1.82) is 0 Å². The second-order valence-electron chi connectivity index (χ2n) is 9.68. The summed E-state index contributed by atoms with van der Waals surface area (Å²) in [6.07, 6.45) is 6.05. The van der Waals surface area contributed by atoms with E-state index in [1.807, 2.05) is 24.3 Å². The van der Waals surface area contributed by atoms with E-state index in [1.165, 1.54) is 18.4 Å². The molecule has 2 N–H and O–H groups in total. The van der Waals surface area contributed by atoms with Crippen LogP contribution in [-0.2, 0) is 14.4 Å². The standard InChI is InChI=1S/C28H30ClN5O4S/c1-38-23-13-11-17(29)15-22(23)31-25(36)16-39-28-33-20-10-6-5-9-19(20)26-32-21(27(37)34(26)28)12-14-24(35)30-18-7-3-2-4-8-18/h5-6,9-11,13,15,18,21H,2-4,7-8,12,14,16H2,1H3,(H,30,35)(H,31,36). The van der Waals surface area contributed by atoms with Crippen LogP contribution >= 0.6 is 23.4 Å². The molecule has 1 aliphatic carbocycles. The van der Waals surface area contributed by atoms with Gasteiger partial charge in [0.1, 0.15) is 17.6 Å². The molecule has 1 saturated carbocycles. The summed E-state index contributed by atoms with van der Waals surface area (Å²) in [6.45, 7) is 0. The maximum Gasteiger partial charge on any atom is 0.259 e. The number of para-hydroxylation sites is 1. The van der Waals surface area contributed by atoms with E-state index in [9.17, 15) is 14.4 Å². The highest BCUT2D eigenvalue weighted by Crippen LogP contribution is 2.34. The van der Waals surface area contributed by atoms with E-state index < -0.39 is 6.04 Å². The van der Waals surface area contributed by atoms with Crippen molar-refractivity contribution >= 4 is 63.5 Å². The van der Waals surface area contributed by atoms with E-state index in [0.717, 1.165) is 43.0 Å². The molecule has 2 aromatic rings. The number of carbonyl (C=O) groups excluding carboxylic acids is 3. The normalized spacial score (nSPS) is 18.6. The number of nitrogens with zero attached hydrogens (tertiary/aromatic N) is 3. The minimum absolute atomic E-state index is 0.00217. The average molecular weight is 568 g/mol. The molecule has 9 nitrogen and oxygen atoms in total. The van der Waals surface area contributed by atoms with Crippen molar-refractivity contribution in [2.75, 3.05) is 18.2 Å². The summed E-state index contributed by atoms with van der Waals surface area (Å²) in [6, 6.07) is 12.0. The first-order valence-corrected chi connectivity index (χ1v) is 14.4. The van der Waals surface area contributed by atoms with Crippen molar-refractivity contribution in [2.24, 2.45) is 9.98 Å². The molecule has 204 valence electrons. The molecule has 0 radical (unpaired) electrons. The predicted octanol–water partition coefficient (Wildman–Crippen LogP) is 4.91. The van der Waals surface area contributed by atoms with Crippen LogP contribution in [0.3, 0.4) is 0 Å². The van der Waals surface area contributed by atoms with Crippen LogP contribution in [0.5, 0.6) is 5.75 Å². The van der Waals surface area contributed by atoms with Gasteiger partial charge in [-0.25, -0.2) is 9.89 Å². The molecule has 2 aliphatic heterocycles.